The van der Waals surface area contributed by atoms with Crippen LogP contribution in [0.2, 0.25) is 0 Å². The van der Waals surface area contributed by atoms with Crippen LogP contribution in [0.1, 0.15) is 59.6 Å². The smallest absolute Gasteiger partial charge is 0.416 e. The maximum atomic E-state index is 13.6. The molecular formula is C32H35F3N2O2. The average molecular weight is 537 g/mol. The van der Waals surface area contributed by atoms with E-state index in [0.29, 0.717) is 25.3 Å². The van der Waals surface area contributed by atoms with Crippen LogP contribution in [0.4, 0.5) is 13.2 Å². The average Bonchev–Trinajstić information content (AvgIpc) is 3.19. The van der Waals surface area contributed by atoms with Crippen LogP contribution in [0.5, 0.6) is 5.75 Å². The summed E-state index contributed by atoms with van der Waals surface area (Å²) in [5.41, 5.74) is 2.31. The maximum absolute atomic E-state index is 13.6. The fourth-order valence-electron chi connectivity index (χ4n) is 6.41. The van der Waals surface area contributed by atoms with Gasteiger partial charge in [-0.2, -0.15) is 13.2 Å². The molecule has 3 heterocycles. The van der Waals surface area contributed by atoms with Crippen LogP contribution in [0.15, 0.2) is 72.8 Å². The Morgan fingerprint density at radius 2 is 1.72 bits per heavy atom. The highest BCUT2D eigenvalue weighted by Crippen LogP contribution is 2.51. The van der Waals surface area contributed by atoms with Crippen molar-refractivity contribution in [2.24, 2.45) is 0 Å². The van der Waals surface area contributed by atoms with Crippen molar-refractivity contribution < 1.29 is 22.6 Å². The molecule has 3 aromatic rings. The summed E-state index contributed by atoms with van der Waals surface area (Å²) in [5.74, 6) is 0.888. The molecule has 6 rings (SSSR count). The molecule has 2 saturated heterocycles. The molecule has 0 saturated carbocycles. The van der Waals surface area contributed by atoms with Crippen molar-refractivity contribution in [3.8, 4) is 5.75 Å². The highest BCUT2D eigenvalue weighted by atomic mass is 19.4. The van der Waals surface area contributed by atoms with Crippen LogP contribution in [0, 0.1) is 0 Å². The number of benzene rings is 3. The Kier molecular flexibility index (Phi) is 7.40. The summed E-state index contributed by atoms with van der Waals surface area (Å²) in [7, 11) is 0. The van der Waals surface area contributed by atoms with Crippen molar-refractivity contribution in [1.29, 1.82) is 0 Å². The normalized spacial score (nSPS) is 23.5. The molecule has 206 valence electrons. The molecule has 39 heavy (non-hydrogen) atoms. The lowest BCUT2D eigenvalue weighted by Gasteiger charge is -2.41. The molecule has 3 aliphatic rings. The first kappa shape index (κ1) is 26.4. The fourth-order valence-corrected chi connectivity index (χ4v) is 6.41. The number of likely N-dealkylation sites (tertiary alicyclic amines) is 1. The van der Waals surface area contributed by atoms with Gasteiger partial charge in [0.1, 0.15) is 11.4 Å². The highest BCUT2D eigenvalue weighted by molar-refractivity contribution is 5.48. The molecule has 0 radical (unpaired) electrons. The van der Waals surface area contributed by atoms with Gasteiger partial charge in [0.15, 0.2) is 0 Å². The number of fused-ring (bicyclic) bond motifs is 5. The second-order valence-electron chi connectivity index (χ2n) is 11.0. The largest absolute Gasteiger partial charge is 0.494 e. The molecule has 2 bridgehead atoms. The topological polar surface area (TPSA) is 24.9 Å². The van der Waals surface area contributed by atoms with E-state index in [2.05, 4.69) is 28.0 Å². The van der Waals surface area contributed by atoms with Gasteiger partial charge >= 0.3 is 6.18 Å². The molecule has 0 amide bonds. The molecule has 3 aliphatic heterocycles. The minimum atomic E-state index is -4.40. The predicted molar refractivity (Wildman–Crippen MR) is 145 cm³/mol. The molecule has 7 heteroatoms. The van der Waals surface area contributed by atoms with Gasteiger partial charge in [0.05, 0.1) is 18.3 Å². The van der Waals surface area contributed by atoms with Gasteiger partial charge in [0, 0.05) is 26.2 Å². The second-order valence-corrected chi connectivity index (χ2v) is 11.0. The quantitative estimate of drug-likeness (QED) is 0.296. The zero-order valence-electron chi connectivity index (χ0n) is 22.1. The Labute approximate surface area is 228 Å². The summed E-state index contributed by atoms with van der Waals surface area (Å²) >= 11 is 0. The van der Waals surface area contributed by atoms with Gasteiger partial charge in [0.25, 0.3) is 0 Å². The number of piperidine rings is 1. The number of ether oxygens (including phenoxy) is 2. The van der Waals surface area contributed by atoms with Gasteiger partial charge < -0.3 is 9.47 Å². The first-order valence-corrected chi connectivity index (χ1v) is 14.0. The molecule has 2 unspecified atom stereocenters. The first-order valence-electron chi connectivity index (χ1n) is 14.0. The molecule has 0 aromatic heterocycles. The predicted octanol–water partition coefficient (Wildman–Crippen LogP) is 6.79. The van der Waals surface area contributed by atoms with Crippen LogP contribution >= 0.6 is 0 Å². The van der Waals surface area contributed by atoms with Crippen LogP contribution in [0.3, 0.4) is 0 Å². The molecule has 0 N–H and O–H groups in total. The fraction of sp³-hybridized carbons (Fsp3) is 0.438. The van der Waals surface area contributed by atoms with E-state index < -0.39 is 17.3 Å². The van der Waals surface area contributed by atoms with Crippen molar-refractivity contribution in [2.75, 3.05) is 39.3 Å². The molecular weight excluding hydrogens is 501 g/mol. The number of alkyl halides is 3. The summed E-state index contributed by atoms with van der Waals surface area (Å²) < 4.78 is 53.4. The van der Waals surface area contributed by atoms with Crippen molar-refractivity contribution in [3.63, 3.8) is 0 Å². The number of halogens is 3. The third-order valence-corrected chi connectivity index (χ3v) is 8.25. The number of morpholine rings is 1. The summed E-state index contributed by atoms with van der Waals surface area (Å²) in [5, 5.41) is 0. The zero-order chi connectivity index (χ0) is 26.9. The van der Waals surface area contributed by atoms with Gasteiger partial charge in [-0.15, -0.1) is 0 Å². The number of hydrogen-bond donors (Lipinski definition) is 0. The number of hydrogen-bond acceptors (Lipinski definition) is 4. The van der Waals surface area contributed by atoms with E-state index in [1.54, 1.807) is 6.07 Å². The van der Waals surface area contributed by atoms with E-state index in [1.165, 1.54) is 37.0 Å². The Morgan fingerprint density at radius 3 is 2.56 bits per heavy atom. The van der Waals surface area contributed by atoms with Gasteiger partial charge in [-0.25, -0.2) is 0 Å². The molecule has 4 nitrogen and oxygen atoms in total. The van der Waals surface area contributed by atoms with Crippen molar-refractivity contribution in [2.45, 2.75) is 50.1 Å². The monoisotopic (exact) mass is 536 g/mol. The van der Waals surface area contributed by atoms with Crippen molar-refractivity contribution in [3.05, 3.63) is 101 Å². The summed E-state index contributed by atoms with van der Waals surface area (Å²) in [4.78, 5) is 4.82. The maximum Gasteiger partial charge on any atom is 0.416 e. The van der Waals surface area contributed by atoms with E-state index >= 15 is 0 Å². The van der Waals surface area contributed by atoms with Crippen LogP contribution in [-0.4, -0.2) is 49.1 Å². The van der Waals surface area contributed by atoms with Gasteiger partial charge in [-0.3, -0.25) is 9.80 Å². The first-order chi connectivity index (χ1) is 18.9. The van der Waals surface area contributed by atoms with Gasteiger partial charge in [-0.05, 0) is 78.9 Å². The minimum absolute atomic E-state index is 0.170. The summed E-state index contributed by atoms with van der Waals surface area (Å²) in [6.07, 6.45) is 0.129. The number of rotatable bonds is 8. The Morgan fingerprint density at radius 1 is 0.897 bits per heavy atom. The minimum Gasteiger partial charge on any atom is -0.494 e. The Hall–Kier alpha value is -2.87. The summed E-state index contributed by atoms with van der Waals surface area (Å²) in [6, 6.07) is 21.9. The standard InChI is InChI=1S/C32H35F3N2O2/c33-32(34,35)26-11-7-10-25(20-26)31-23-37(22-30(39-31)28-13-2-3-14-29(28)31)17-8-18-38-27-12-6-9-24(19-27)21-36-15-4-1-5-16-36/h2-3,6-7,9-14,19-20,30H,1,4-5,8,15-18,21-23H2. The van der Waals surface area contributed by atoms with Crippen molar-refractivity contribution in [1.82, 2.24) is 9.80 Å². The molecule has 2 atom stereocenters. The third-order valence-electron chi connectivity index (χ3n) is 8.25. The van der Waals surface area contributed by atoms with E-state index in [4.69, 9.17) is 9.47 Å². The van der Waals surface area contributed by atoms with Crippen LogP contribution in [0.25, 0.3) is 0 Å². The molecule has 0 spiro atoms. The lowest BCUT2D eigenvalue weighted by Crippen LogP contribution is -2.48. The SMILES string of the molecule is FC(F)(F)c1cccc(C23CN(CCCOc4cccc(CN5CCCCC5)c4)CC(O2)c2ccccc23)c1. The molecule has 0 aliphatic carbocycles. The molecule has 2 fully saturated rings. The third kappa shape index (κ3) is 5.58. The lowest BCUT2D eigenvalue weighted by atomic mass is 9.84. The number of nitrogens with zero attached hydrogens (tertiary/aromatic N) is 2. The zero-order valence-corrected chi connectivity index (χ0v) is 22.1. The lowest BCUT2D eigenvalue weighted by molar-refractivity contribution is -0.138. The Bertz CT molecular complexity index is 1290. The highest BCUT2D eigenvalue weighted by Gasteiger charge is 2.51. The van der Waals surface area contributed by atoms with Gasteiger partial charge in [0.2, 0.25) is 0 Å². The Balaban J connectivity index is 1.11. The van der Waals surface area contributed by atoms with Gasteiger partial charge in [-0.1, -0.05) is 55.0 Å². The van der Waals surface area contributed by atoms with Crippen LogP contribution in [-0.2, 0) is 23.1 Å². The van der Waals surface area contributed by atoms with E-state index in [0.717, 1.165) is 55.5 Å². The molecule has 3 aromatic carbocycles. The second kappa shape index (κ2) is 11.0. The van der Waals surface area contributed by atoms with E-state index in [9.17, 15) is 13.2 Å². The van der Waals surface area contributed by atoms with E-state index in [1.807, 2.05) is 30.3 Å². The van der Waals surface area contributed by atoms with Crippen LogP contribution < -0.4 is 4.74 Å². The van der Waals surface area contributed by atoms with E-state index in [-0.39, 0.29) is 6.10 Å². The summed E-state index contributed by atoms with van der Waals surface area (Å²) in [6.45, 7) is 5.87. The van der Waals surface area contributed by atoms with Crippen molar-refractivity contribution >= 4 is 0 Å².